The number of pyridine rings is 1. The molecule has 1 aliphatic rings. The number of hydrogen-bond acceptors (Lipinski definition) is 4. The summed E-state index contributed by atoms with van der Waals surface area (Å²) in [5.74, 6) is 0.647. The summed E-state index contributed by atoms with van der Waals surface area (Å²) in [6.45, 7) is 3.49. The maximum Gasteiger partial charge on any atom is 0.255 e. The second kappa shape index (κ2) is 9.13. The van der Waals surface area contributed by atoms with Crippen molar-refractivity contribution in [2.75, 3.05) is 32.1 Å². The molecule has 0 aliphatic carbocycles. The van der Waals surface area contributed by atoms with Gasteiger partial charge in [0.15, 0.2) is 5.82 Å². The molecule has 1 fully saturated rings. The van der Waals surface area contributed by atoms with E-state index >= 15 is 0 Å². The molecule has 1 aromatic carbocycles. The highest BCUT2D eigenvalue weighted by atomic mass is 19.1. The molecule has 5 rings (SSSR count). The van der Waals surface area contributed by atoms with E-state index in [1.54, 1.807) is 24.4 Å². The Morgan fingerprint density at radius 2 is 1.97 bits per heavy atom. The zero-order chi connectivity index (χ0) is 24.6. The summed E-state index contributed by atoms with van der Waals surface area (Å²) >= 11 is 0. The van der Waals surface area contributed by atoms with Gasteiger partial charge in [-0.3, -0.25) is 9.78 Å². The Balaban J connectivity index is 1.35. The van der Waals surface area contributed by atoms with E-state index in [1.807, 2.05) is 48.3 Å². The molecule has 1 saturated heterocycles. The Morgan fingerprint density at radius 3 is 2.71 bits per heavy atom. The average Bonchev–Trinajstić information content (AvgIpc) is 3.34. The molecule has 1 amide bonds. The Labute approximate surface area is 205 Å². The molecule has 35 heavy (non-hydrogen) atoms. The van der Waals surface area contributed by atoms with Gasteiger partial charge < -0.3 is 14.2 Å². The molecular weight excluding hydrogens is 441 g/mol. The number of rotatable bonds is 5. The molecule has 4 heterocycles. The van der Waals surface area contributed by atoms with E-state index in [9.17, 15) is 9.18 Å². The molecule has 1 aliphatic heterocycles. The lowest BCUT2D eigenvalue weighted by Crippen LogP contribution is -2.47. The Kier molecular flexibility index (Phi) is 6.01. The van der Waals surface area contributed by atoms with Crippen molar-refractivity contribution in [1.82, 2.24) is 19.3 Å². The Morgan fingerprint density at radius 1 is 1.14 bits per heavy atom. The van der Waals surface area contributed by atoms with Crippen LogP contribution in [0.5, 0.6) is 0 Å². The number of carbonyl (C=O) groups excluding carboxylic acids is 1. The van der Waals surface area contributed by atoms with Gasteiger partial charge in [0.25, 0.3) is 5.91 Å². The van der Waals surface area contributed by atoms with Crippen molar-refractivity contribution in [1.29, 1.82) is 0 Å². The van der Waals surface area contributed by atoms with E-state index in [1.165, 1.54) is 6.07 Å². The van der Waals surface area contributed by atoms with Crippen molar-refractivity contribution in [3.8, 4) is 0 Å². The molecule has 7 heteroatoms. The third-order valence-corrected chi connectivity index (χ3v) is 6.92. The number of halogens is 1. The first-order valence-electron chi connectivity index (χ1n) is 12.0. The molecule has 0 N–H and O–H groups in total. The summed E-state index contributed by atoms with van der Waals surface area (Å²) in [6.07, 6.45) is 8.00. The first-order chi connectivity index (χ1) is 16.8. The van der Waals surface area contributed by atoms with Crippen LogP contribution < -0.4 is 4.90 Å². The number of carbonyl (C=O) groups is 1. The molecule has 1 unspecified atom stereocenters. The molecular formula is C28H30FN5O. The maximum atomic E-state index is 14.0. The quantitative estimate of drug-likeness (QED) is 0.423. The predicted octanol–water partition coefficient (Wildman–Crippen LogP) is 4.72. The standard InChI is InChI=1S/C28H30FN5O/c1-28(25-18-33-14-6-10-24(33)26(31-25)32(2)3)13-7-15-34(19-28)27(35)21-11-12-22(30-17-21)16-20-8-4-5-9-23(20)29/h4-6,8-12,14,17-18H,7,13,15-16,19H2,1-3H3. The lowest BCUT2D eigenvalue weighted by Gasteiger charge is -2.40. The van der Waals surface area contributed by atoms with Crippen molar-refractivity contribution >= 4 is 17.2 Å². The van der Waals surface area contributed by atoms with Crippen molar-refractivity contribution < 1.29 is 9.18 Å². The van der Waals surface area contributed by atoms with Crippen LogP contribution >= 0.6 is 0 Å². The van der Waals surface area contributed by atoms with Crippen molar-refractivity contribution in [2.45, 2.75) is 31.6 Å². The fourth-order valence-corrected chi connectivity index (χ4v) is 4.94. The van der Waals surface area contributed by atoms with Crippen LogP contribution in [-0.4, -0.2) is 52.4 Å². The number of nitrogens with zero attached hydrogens (tertiary/aromatic N) is 5. The highest BCUT2D eigenvalue weighted by molar-refractivity contribution is 5.94. The van der Waals surface area contributed by atoms with Gasteiger partial charge in [-0.25, -0.2) is 9.37 Å². The summed E-state index contributed by atoms with van der Waals surface area (Å²) < 4.78 is 16.1. The van der Waals surface area contributed by atoms with Gasteiger partial charge in [0.1, 0.15) is 5.82 Å². The number of amides is 1. The Hall–Kier alpha value is -3.74. The summed E-state index contributed by atoms with van der Waals surface area (Å²) in [5, 5.41) is 0. The number of benzene rings is 1. The van der Waals surface area contributed by atoms with Crippen LogP contribution in [0.15, 0.2) is 67.1 Å². The zero-order valence-corrected chi connectivity index (χ0v) is 20.4. The lowest BCUT2D eigenvalue weighted by atomic mass is 9.79. The number of fused-ring (bicyclic) bond motifs is 1. The lowest BCUT2D eigenvalue weighted by molar-refractivity contribution is 0.0647. The van der Waals surface area contributed by atoms with Gasteiger partial charge in [0.2, 0.25) is 0 Å². The van der Waals surface area contributed by atoms with Gasteiger partial charge in [0, 0.05) is 63.3 Å². The van der Waals surface area contributed by atoms with Crippen LogP contribution in [-0.2, 0) is 11.8 Å². The van der Waals surface area contributed by atoms with Crippen LogP contribution in [0, 0.1) is 5.82 Å². The second-order valence-corrected chi connectivity index (χ2v) is 9.84. The van der Waals surface area contributed by atoms with Crippen LogP contribution in [0.4, 0.5) is 10.2 Å². The Bertz CT molecular complexity index is 1360. The zero-order valence-electron chi connectivity index (χ0n) is 20.4. The maximum absolute atomic E-state index is 14.0. The number of anilines is 1. The van der Waals surface area contributed by atoms with Crippen molar-refractivity contribution in [3.63, 3.8) is 0 Å². The number of piperidine rings is 1. The van der Waals surface area contributed by atoms with Gasteiger partial charge >= 0.3 is 0 Å². The van der Waals surface area contributed by atoms with Gasteiger partial charge in [-0.1, -0.05) is 25.1 Å². The normalized spacial score (nSPS) is 18.1. The van der Waals surface area contributed by atoms with Crippen molar-refractivity contribution in [3.05, 3.63) is 95.5 Å². The number of hydrogen-bond donors (Lipinski definition) is 0. The molecule has 0 spiro atoms. The van der Waals surface area contributed by atoms with Gasteiger partial charge in [-0.05, 0) is 48.7 Å². The van der Waals surface area contributed by atoms with E-state index in [4.69, 9.17) is 4.98 Å². The van der Waals surface area contributed by atoms with E-state index in [0.717, 1.165) is 35.6 Å². The topological polar surface area (TPSA) is 53.7 Å². The minimum Gasteiger partial charge on any atom is -0.361 e. The van der Waals surface area contributed by atoms with E-state index in [0.29, 0.717) is 30.6 Å². The minimum atomic E-state index is -0.255. The fourth-order valence-electron chi connectivity index (χ4n) is 4.94. The average molecular weight is 472 g/mol. The summed E-state index contributed by atoms with van der Waals surface area (Å²) in [7, 11) is 4.00. The van der Waals surface area contributed by atoms with E-state index in [-0.39, 0.29) is 17.1 Å². The van der Waals surface area contributed by atoms with Crippen LogP contribution in [0.2, 0.25) is 0 Å². The largest absolute Gasteiger partial charge is 0.361 e. The second-order valence-electron chi connectivity index (χ2n) is 9.84. The number of aromatic nitrogens is 3. The SMILES string of the molecule is CN(C)c1nc(C2(C)CCCN(C(=O)c3ccc(Cc4ccccc4F)nc3)C2)cn2cccc12. The van der Waals surface area contributed by atoms with Crippen molar-refractivity contribution in [2.24, 2.45) is 0 Å². The summed E-state index contributed by atoms with van der Waals surface area (Å²) in [6, 6.07) is 14.4. The monoisotopic (exact) mass is 471 g/mol. The van der Waals surface area contributed by atoms with Crippen LogP contribution in [0.1, 0.15) is 47.1 Å². The summed E-state index contributed by atoms with van der Waals surface area (Å²) in [5.41, 5.74) is 3.67. The van der Waals surface area contributed by atoms with Gasteiger partial charge in [-0.2, -0.15) is 0 Å². The molecule has 4 aromatic rings. The first kappa shape index (κ1) is 23.0. The molecule has 0 radical (unpaired) electrons. The molecule has 3 aromatic heterocycles. The third-order valence-electron chi connectivity index (χ3n) is 6.92. The van der Waals surface area contributed by atoms with Crippen LogP contribution in [0.25, 0.3) is 5.52 Å². The van der Waals surface area contributed by atoms with Gasteiger partial charge in [-0.15, -0.1) is 0 Å². The molecule has 0 bridgehead atoms. The smallest absolute Gasteiger partial charge is 0.255 e. The van der Waals surface area contributed by atoms with Gasteiger partial charge in [0.05, 0.1) is 16.8 Å². The fraction of sp³-hybridized carbons (Fsp3) is 0.321. The minimum absolute atomic E-state index is 0.0317. The van der Waals surface area contributed by atoms with E-state index in [2.05, 4.69) is 28.6 Å². The third kappa shape index (κ3) is 4.50. The number of likely N-dealkylation sites (tertiary alicyclic amines) is 1. The highest BCUT2D eigenvalue weighted by Gasteiger charge is 2.37. The molecule has 0 saturated carbocycles. The summed E-state index contributed by atoms with van der Waals surface area (Å²) in [4.78, 5) is 26.8. The first-order valence-corrected chi connectivity index (χ1v) is 12.0. The van der Waals surface area contributed by atoms with Crippen LogP contribution in [0.3, 0.4) is 0 Å². The molecule has 180 valence electrons. The molecule has 1 atom stereocenters. The predicted molar refractivity (Wildman–Crippen MR) is 135 cm³/mol. The van der Waals surface area contributed by atoms with E-state index < -0.39 is 0 Å². The molecule has 6 nitrogen and oxygen atoms in total. The highest BCUT2D eigenvalue weighted by Crippen LogP contribution is 2.35.